The van der Waals surface area contributed by atoms with Gasteiger partial charge in [0.05, 0.1) is 0 Å². The highest BCUT2D eigenvalue weighted by molar-refractivity contribution is 9.10. The van der Waals surface area contributed by atoms with Gasteiger partial charge >= 0.3 is 6.03 Å². The maximum absolute atomic E-state index is 11.6. The molecule has 3 amide bonds. The van der Waals surface area contributed by atoms with Crippen molar-refractivity contribution in [3.05, 3.63) is 28.7 Å². The lowest BCUT2D eigenvalue weighted by Crippen LogP contribution is -2.34. The summed E-state index contributed by atoms with van der Waals surface area (Å²) in [6.45, 7) is 5.03. The van der Waals surface area contributed by atoms with E-state index in [9.17, 15) is 9.59 Å². The van der Waals surface area contributed by atoms with Gasteiger partial charge in [0.15, 0.2) is 0 Å². The van der Waals surface area contributed by atoms with E-state index in [2.05, 4.69) is 31.9 Å². The number of benzene rings is 1. The first kappa shape index (κ1) is 16.5. The molecular formula is C14H20BrN3O2. The number of amides is 3. The van der Waals surface area contributed by atoms with E-state index in [0.717, 1.165) is 4.47 Å². The molecule has 110 valence electrons. The highest BCUT2D eigenvalue weighted by Gasteiger charge is 2.04. The first-order chi connectivity index (χ1) is 9.47. The fraction of sp³-hybridized carbons (Fsp3) is 0.429. The molecule has 0 heterocycles. The molecule has 0 saturated carbocycles. The van der Waals surface area contributed by atoms with Crippen molar-refractivity contribution < 1.29 is 9.59 Å². The van der Waals surface area contributed by atoms with Crippen LogP contribution in [0.1, 0.15) is 20.3 Å². The SMILES string of the molecule is CC(C)CNC(=O)CCNC(=O)Nc1ccc(Br)cc1. The summed E-state index contributed by atoms with van der Waals surface area (Å²) >= 11 is 3.32. The average Bonchev–Trinajstić information content (AvgIpc) is 2.39. The molecule has 0 unspecified atom stereocenters. The lowest BCUT2D eigenvalue weighted by Gasteiger charge is -2.09. The van der Waals surface area contributed by atoms with E-state index in [-0.39, 0.29) is 18.4 Å². The standard InChI is InChI=1S/C14H20BrN3O2/c1-10(2)9-17-13(19)7-8-16-14(20)18-12-5-3-11(15)4-6-12/h3-6,10H,7-9H2,1-2H3,(H,17,19)(H2,16,18,20). The lowest BCUT2D eigenvalue weighted by atomic mass is 10.2. The molecule has 20 heavy (non-hydrogen) atoms. The quantitative estimate of drug-likeness (QED) is 0.744. The Morgan fingerprint density at radius 1 is 1.15 bits per heavy atom. The first-order valence-electron chi connectivity index (χ1n) is 6.54. The summed E-state index contributed by atoms with van der Waals surface area (Å²) in [5, 5.41) is 8.13. The van der Waals surface area contributed by atoms with Crippen molar-refractivity contribution in [3.63, 3.8) is 0 Å². The zero-order valence-electron chi connectivity index (χ0n) is 11.7. The minimum Gasteiger partial charge on any atom is -0.356 e. The molecule has 0 bridgehead atoms. The molecule has 0 aliphatic carbocycles. The maximum atomic E-state index is 11.6. The number of urea groups is 1. The van der Waals surface area contributed by atoms with Crippen molar-refractivity contribution in [1.82, 2.24) is 10.6 Å². The summed E-state index contributed by atoms with van der Waals surface area (Å²) in [6, 6.07) is 6.95. The van der Waals surface area contributed by atoms with Crippen molar-refractivity contribution in [3.8, 4) is 0 Å². The van der Waals surface area contributed by atoms with Gasteiger partial charge in [-0.15, -0.1) is 0 Å². The van der Waals surface area contributed by atoms with Crippen molar-refractivity contribution in [1.29, 1.82) is 0 Å². The minimum atomic E-state index is -0.316. The van der Waals surface area contributed by atoms with E-state index in [1.54, 1.807) is 12.1 Å². The van der Waals surface area contributed by atoms with Crippen LogP contribution in [0.5, 0.6) is 0 Å². The summed E-state index contributed by atoms with van der Waals surface area (Å²) in [5.74, 6) is 0.371. The fourth-order valence-electron chi connectivity index (χ4n) is 1.40. The molecule has 0 aliphatic rings. The maximum Gasteiger partial charge on any atom is 0.319 e. The van der Waals surface area contributed by atoms with Crippen molar-refractivity contribution in [2.45, 2.75) is 20.3 Å². The molecule has 0 radical (unpaired) electrons. The van der Waals surface area contributed by atoms with Crippen LogP contribution in [-0.2, 0) is 4.79 Å². The second kappa shape index (κ2) is 8.58. The fourth-order valence-corrected chi connectivity index (χ4v) is 1.67. The largest absolute Gasteiger partial charge is 0.356 e. The summed E-state index contributed by atoms with van der Waals surface area (Å²) in [7, 11) is 0. The van der Waals surface area contributed by atoms with Crippen LogP contribution in [0, 0.1) is 5.92 Å². The van der Waals surface area contributed by atoms with E-state index in [0.29, 0.717) is 24.7 Å². The second-order valence-electron chi connectivity index (χ2n) is 4.84. The molecule has 0 fully saturated rings. The highest BCUT2D eigenvalue weighted by Crippen LogP contribution is 2.13. The smallest absolute Gasteiger partial charge is 0.319 e. The third kappa shape index (κ3) is 7.13. The number of anilines is 1. The summed E-state index contributed by atoms with van der Waals surface area (Å²) in [4.78, 5) is 23.0. The van der Waals surface area contributed by atoms with E-state index in [1.807, 2.05) is 26.0 Å². The number of hydrogen-bond acceptors (Lipinski definition) is 2. The lowest BCUT2D eigenvalue weighted by molar-refractivity contribution is -0.121. The Hall–Kier alpha value is -1.56. The van der Waals surface area contributed by atoms with Crippen LogP contribution in [0.25, 0.3) is 0 Å². The number of hydrogen-bond donors (Lipinski definition) is 3. The van der Waals surface area contributed by atoms with Crippen LogP contribution in [0.3, 0.4) is 0 Å². The minimum absolute atomic E-state index is 0.0531. The van der Waals surface area contributed by atoms with Crippen LogP contribution in [0.2, 0.25) is 0 Å². The Labute approximate surface area is 127 Å². The topological polar surface area (TPSA) is 70.2 Å². The van der Waals surface area contributed by atoms with Crippen LogP contribution >= 0.6 is 15.9 Å². The van der Waals surface area contributed by atoms with Gasteiger partial charge in [-0.25, -0.2) is 4.79 Å². The van der Waals surface area contributed by atoms with Gasteiger partial charge in [-0.3, -0.25) is 4.79 Å². The van der Waals surface area contributed by atoms with Gasteiger partial charge < -0.3 is 16.0 Å². The molecule has 1 rings (SSSR count). The van der Waals surface area contributed by atoms with E-state index in [1.165, 1.54) is 0 Å². The Bertz CT molecular complexity index is 446. The zero-order chi connectivity index (χ0) is 15.0. The first-order valence-corrected chi connectivity index (χ1v) is 7.34. The van der Waals surface area contributed by atoms with Crippen molar-refractivity contribution in [2.75, 3.05) is 18.4 Å². The Morgan fingerprint density at radius 2 is 1.80 bits per heavy atom. The molecule has 0 saturated heterocycles. The molecule has 1 aromatic carbocycles. The third-order valence-corrected chi connectivity index (χ3v) is 2.98. The Balaban J connectivity index is 2.20. The van der Waals surface area contributed by atoms with Crippen molar-refractivity contribution in [2.24, 2.45) is 5.92 Å². The molecule has 5 nitrogen and oxygen atoms in total. The van der Waals surface area contributed by atoms with Crippen LogP contribution in [0.15, 0.2) is 28.7 Å². The monoisotopic (exact) mass is 341 g/mol. The summed E-state index contributed by atoms with van der Waals surface area (Å²) in [6.07, 6.45) is 0.278. The number of carbonyl (C=O) groups is 2. The van der Waals surface area contributed by atoms with Crippen LogP contribution in [-0.4, -0.2) is 25.0 Å². The van der Waals surface area contributed by atoms with E-state index in [4.69, 9.17) is 0 Å². The molecule has 0 atom stereocenters. The van der Waals surface area contributed by atoms with Gasteiger partial charge in [0.1, 0.15) is 0 Å². The molecule has 0 aromatic heterocycles. The second-order valence-corrected chi connectivity index (χ2v) is 5.75. The Morgan fingerprint density at radius 3 is 2.40 bits per heavy atom. The molecule has 3 N–H and O–H groups in total. The highest BCUT2D eigenvalue weighted by atomic mass is 79.9. The number of nitrogens with one attached hydrogen (secondary N) is 3. The molecular weight excluding hydrogens is 322 g/mol. The van der Waals surface area contributed by atoms with Crippen molar-refractivity contribution >= 4 is 33.6 Å². The predicted molar refractivity (Wildman–Crippen MR) is 83.6 cm³/mol. The van der Waals surface area contributed by atoms with Gasteiger partial charge in [-0.1, -0.05) is 29.8 Å². The predicted octanol–water partition coefficient (Wildman–Crippen LogP) is 2.73. The number of halogens is 1. The van der Waals surface area contributed by atoms with Crippen LogP contribution < -0.4 is 16.0 Å². The molecule has 0 spiro atoms. The van der Waals surface area contributed by atoms with Gasteiger partial charge in [0, 0.05) is 29.7 Å². The summed E-state index contributed by atoms with van der Waals surface area (Å²) < 4.78 is 0.949. The zero-order valence-corrected chi connectivity index (χ0v) is 13.3. The molecule has 0 aliphatic heterocycles. The molecule has 6 heteroatoms. The van der Waals surface area contributed by atoms with Gasteiger partial charge in [-0.05, 0) is 30.2 Å². The normalized spacial score (nSPS) is 10.2. The van der Waals surface area contributed by atoms with Gasteiger partial charge in [0.25, 0.3) is 0 Å². The Kier molecular flexibility index (Phi) is 7.08. The van der Waals surface area contributed by atoms with Gasteiger partial charge in [0.2, 0.25) is 5.91 Å². The van der Waals surface area contributed by atoms with Crippen LogP contribution in [0.4, 0.5) is 10.5 Å². The third-order valence-electron chi connectivity index (χ3n) is 2.45. The van der Waals surface area contributed by atoms with E-state index >= 15 is 0 Å². The average molecular weight is 342 g/mol. The number of carbonyl (C=O) groups excluding carboxylic acids is 2. The summed E-state index contributed by atoms with van der Waals surface area (Å²) in [5.41, 5.74) is 0.704. The van der Waals surface area contributed by atoms with E-state index < -0.39 is 0 Å². The van der Waals surface area contributed by atoms with Gasteiger partial charge in [-0.2, -0.15) is 0 Å². The molecule has 1 aromatic rings. The number of rotatable bonds is 6.